The van der Waals surface area contributed by atoms with Gasteiger partial charge in [-0.15, -0.1) is 11.3 Å². The molecule has 0 saturated carbocycles. The molecule has 2 aliphatic heterocycles. The number of carbonyl (C=O) groups excluding carboxylic acids is 2. The highest BCUT2D eigenvalue weighted by molar-refractivity contribution is 7.11. The normalized spacial score (nSPS) is 17.8. The number of nitrogens with zero attached hydrogens (tertiary/aromatic N) is 6. The van der Waals surface area contributed by atoms with Crippen molar-refractivity contribution >= 4 is 46.4 Å². The molecule has 40 heavy (non-hydrogen) atoms. The van der Waals surface area contributed by atoms with Gasteiger partial charge in [-0.25, -0.2) is 18.9 Å². The van der Waals surface area contributed by atoms with E-state index >= 15 is 0 Å². The Balaban J connectivity index is 1.69. The van der Waals surface area contributed by atoms with E-state index in [1.807, 2.05) is 0 Å². The van der Waals surface area contributed by atoms with Crippen molar-refractivity contribution in [3.8, 4) is 0 Å². The molecular formula is C25H22ClF3N6O4S. The highest BCUT2D eigenvalue weighted by atomic mass is 35.5. The van der Waals surface area contributed by atoms with E-state index in [1.165, 1.54) is 41.5 Å². The van der Waals surface area contributed by atoms with Gasteiger partial charge < -0.3 is 14.4 Å². The molecule has 1 aromatic carbocycles. The number of amidine groups is 1. The van der Waals surface area contributed by atoms with Crippen LogP contribution in [0.4, 0.5) is 18.0 Å². The Morgan fingerprint density at radius 3 is 2.83 bits per heavy atom. The van der Waals surface area contributed by atoms with E-state index in [9.17, 15) is 22.8 Å². The van der Waals surface area contributed by atoms with Crippen molar-refractivity contribution in [2.75, 3.05) is 26.9 Å². The molecule has 5 rings (SSSR count). The van der Waals surface area contributed by atoms with Crippen LogP contribution in [0.2, 0.25) is 5.02 Å². The molecule has 0 radical (unpaired) electrons. The predicted octanol–water partition coefficient (Wildman–Crippen LogP) is 5.10. The zero-order chi connectivity index (χ0) is 28.4. The van der Waals surface area contributed by atoms with Crippen LogP contribution < -0.4 is 0 Å². The second-order valence-electron chi connectivity index (χ2n) is 8.70. The summed E-state index contributed by atoms with van der Waals surface area (Å²) in [4.78, 5) is 37.1. The number of hydrogen-bond acceptors (Lipinski definition) is 9. The van der Waals surface area contributed by atoms with Crippen LogP contribution in [0.3, 0.4) is 0 Å². The SMILES string of the molecule is COC(=O)CCN1CN2C(c3nccs3)=N[C@@H](c3ccc(F)cc3Cl)C(c3ccn(C(F)F)n3)=C2CCOC1=O. The number of carbonyl (C=O) groups is 2. The van der Waals surface area contributed by atoms with Crippen molar-refractivity contribution in [1.82, 2.24) is 24.6 Å². The lowest BCUT2D eigenvalue weighted by atomic mass is 9.91. The second kappa shape index (κ2) is 11.7. The maximum Gasteiger partial charge on any atom is 0.411 e. The molecule has 10 nitrogen and oxygen atoms in total. The zero-order valence-corrected chi connectivity index (χ0v) is 22.5. The standard InChI is InChI=1S/C25H22ClF3N6O4S/c1-38-19(36)5-8-33-13-34-18(6-10-39-25(33)37)20(17-4-9-35(32-17)24(28)29)21(15-3-2-14(27)12-16(15)26)31-22(34)23-30-7-11-40-23/h2-4,7,9,11-12,21,24H,5-6,8,10,13H2,1H3/t21-/m0/s1. The van der Waals surface area contributed by atoms with Gasteiger partial charge in [0.15, 0.2) is 10.8 Å². The van der Waals surface area contributed by atoms with Crippen LogP contribution >= 0.6 is 22.9 Å². The van der Waals surface area contributed by atoms with Crippen LogP contribution in [-0.2, 0) is 14.3 Å². The quantitative estimate of drug-likeness (QED) is 0.351. The number of aliphatic imine (C=N–C) groups is 1. The molecule has 210 valence electrons. The third-order valence-corrected chi connectivity index (χ3v) is 7.43. The third-order valence-electron chi connectivity index (χ3n) is 6.33. The average Bonchev–Trinajstić information content (AvgIpc) is 3.63. The van der Waals surface area contributed by atoms with Crippen molar-refractivity contribution < 1.29 is 32.2 Å². The minimum Gasteiger partial charge on any atom is -0.469 e. The van der Waals surface area contributed by atoms with Crippen molar-refractivity contribution in [2.24, 2.45) is 4.99 Å². The minimum atomic E-state index is -2.88. The minimum absolute atomic E-state index is 0.0109. The van der Waals surface area contributed by atoms with Gasteiger partial charge >= 0.3 is 18.6 Å². The number of cyclic esters (lactones) is 1. The van der Waals surface area contributed by atoms with E-state index in [-0.39, 0.29) is 43.4 Å². The number of hydrogen-bond donors (Lipinski definition) is 0. The third kappa shape index (κ3) is 5.54. The fourth-order valence-electron chi connectivity index (χ4n) is 4.49. The number of halogens is 4. The monoisotopic (exact) mass is 594 g/mol. The van der Waals surface area contributed by atoms with Gasteiger partial charge in [-0.2, -0.15) is 13.9 Å². The smallest absolute Gasteiger partial charge is 0.411 e. The highest BCUT2D eigenvalue weighted by Crippen LogP contribution is 2.44. The Labute approximate surface area is 235 Å². The van der Waals surface area contributed by atoms with Crippen LogP contribution in [0.25, 0.3) is 5.57 Å². The van der Waals surface area contributed by atoms with Gasteiger partial charge in [0.1, 0.15) is 18.5 Å². The molecule has 4 heterocycles. The predicted molar refractivity (Wildman–Crippen MR) is 139 cm³/mol. The Hall–Kier alpha value is -3.91. The van der Waals surface area contributed by atoms with Gasteiger partial charge in [0.05, 0.1) is 25.8 Å². The van der Waals surface area contributed by atoms with Gasteiger partial charge in [0.2, 0.25) is 0 Å². The molecule has 1 amide bonds. The maximum absolute atomic E-state index is 14.0. The van der Waals surface area contributed by atoms with E-state index in [0.717, 1.165) is 12.3 Å². The molecule has 15 heteroatoms. The summed E-state index contributed by atoms with van der Waals surface area (Å²) in [5.74, 6) is -0.682. The van der Waals surface area contributed by atoms with Gasteiger partial charge in [0, 0.05) is 52.6 Å². The van der Waals surface area contributed by atoms with Crippen molar-refractivity contribution in [1.29, 1.82) is 0 Å². The van der Waals surface area contributed by atoms with Gasteiger partial charge in [-0.1, -0.05) is 17.7 Å². The summed E-state index contributed by atoms with van der Waals surface area (Å²) in [5.41, 5.74) is 1.62. The highest BCUT2D eigenvalue weighted by Gasteiger charge is 2.38. The van der Waals surface area contributed by atoms with E-state index in [0.29, 0.717) is 32.4 Å². The molecule has 0 aliphatic carbocycles. The van der Waals surface area contributed by atoms with E-state index in [4.69, 9.17) is 26.1 Å². The topological polar surface area (TPSA) is 102 Å². The molecule has 2 aromatic heterocycles. The molecule has 1 atom stereocenters. The number of rotatable bonds is 7. The van der Waals surface area contributed by atoms with E-state index in [1.54, 1.807) is 16.5 Å². The molecule has 3 aromatic rings. The average molecular weight is 595 g/mol. The number of benzene rings is 1. The molecular weight excluding hydrogens is 573 g/mol. The zero-order valence-electron chi connectivity index (χ0n) is 21.0. The number of esters is 1. The summed E-state index contributed by atoms with van der Waals surface area (Å²) >= 11 is 7.78. The van der Waals surface area contributed by atoms with Gasteiger partial charge in [-0.3, -0.25) is 14.7 Å². The molecule has 0 bridgehead atoms. The maximum atomic E-state index is 14.0. The lowest BCUT2D eigenvalue weighted by molar-refractivity contribution is -0.140. The number of amides is 1. The number of ether oxygens (including phenoxy) is 2. The molecule has 0 unspecified atom stereocenters. The summed E-state index contributed by atoms with van der Waals surface area (Å²) in [7, 11) is 1.25. The van der Waals surface area contributed by atoms with Crippen LogP contribution in [0.1, 0.15) is 41.7 Å². The molecule has 2 aliphatic rings. The first-order valence-electron chi connectivity index (χ1n) is 12.0. The fourth-order valence-corrected chi connectivity index (χ4v) is 5.40. The molecule has 1 saturated heterocycles. The van der Waals surface area contributed by atoms with Crippen LogP contribution in [0.15, 0.2) is 52.7 Å². The first kappa shape index (κ1) is 27.6. The number of fused-ring (bicyclic) bond motifs is 1. The molecule has 1 fully saturated rings. The number of thiazole rings is 1. The summed E-state index contributed by atoms with van der Waals surface area (Å²) in [6.45, 7) is -3.04. The van der Waals surface area contributed by atoms with E-state index in [2.05, 4.69) is 10.1 Å². The summed E-state index contributed by atoms with van der Waals surface area (Å²) < 4.78 is 51.7. The van der Waals surface area contributed by atoms with Crippen LogP contribution in [0.5, 0.6) is 0 Å². The fraction of sp³-hybridized carbons (Fsp3) is 0.320. The second-order valence-corrected chi connectivity index (χ2v) is 10.0. The Morgan fingerprint density at radius 1 is 1.32 bits per heavy atom. The van der Waals surface area contributed by atoms with Crippen LogP contribution in [0, 0.1) is 5.82 Å². The molecule has 0 spiro atoms. The van der Waals surface area contributed by atoms with Crippen LogP contribution in [-0.4, -0.2) is 69.4 Å². The number of aromatic nitrogens is 3. The van der Waals surface area contributed by atoms with Gasteiger partial charge in [-0.05, 0) is 18.2 Å². The lowest BCUT2D eigenvalue weighted by Gasteiger charge is -2.40. The Morgan fingerprint density at radius 2 is 2.15 bits per heavy atom. The van der Waals surface area contributed by atoms with Crippen molar-refractivity contribution in [2.45, 2.75) is 25.4 Å². The molecule has 0 N–H and O–H groups in total. The van der Waals surface area contributed by atoms with Gasteiger partial charge in [0.25, 0.3) is 0 Å². The first-order chi connectivity index (χ1) is 19.3. The number of methoxy groups -OCH3 is 1. The Kier molecular flexibility index (Phi) is 8.07. The van der Waals surface area contributed by atoms with Crippen molar-refractivity contribution in [3.63, 3.8) is 0 Å². The Bertz CT molecular complexity index is 1480. The van der Waals surface area contributed by atoms with E-state index < -0.39 is 30.5 Å². The summed E-state index contributed by atoms with van der Waals surface area (Å²) in [6, 6.07) is 4.42. The summed E-state index contributed by atoms with van der Waals surface area (Å²) in [5, 5.41) is 6.45. The number of alkyl halides is 2. The van der Waals surface area contributed by atoms with Crippen molar-refractivity contribution in [3.05, 3.63) is 74.8 Å². The largest absolute Gasteiger partial charge is 0.469 e. The lowest BCUT2D eigenvalue weighted by Crippen LogP contribution is -2.48. The summed E-state index contributed by atoms with van der Waals surface area (Å²) in [6.07, 6.45) is 2.19. The first-order valence-corrected chi connectivity index (χ1v) is 13.3.